The molecular formula is C50H35IrN3OS-2. The normalized spacial score (nSPS) is 12.6. The van der Waals surface area contributed by atoms with Crippen molar-refractivity contribution in [3.05, 3.63) is 174 Å². The van der Waals surface area contributed by atoms with Crippen LogP contribution in [0.15, 0.2) is 144 Å². The Morgan fingerprint density at radius 2 is 1.34 bits per heavy atom. The van der Waals surface area contributed by atoms with E-state index in [4.69, 9.17) is 19.4 Å². The van der Waals surface area contributed by atoms with E-state index in [2.05, 4.69) is 131 Å². The van der Waals surface area contributed by atoms with Gasteiger partial charge in [-0.15, -0.1) is 47.5 Å². The Morgan fingerprint density at radius 1 is 0.625 bits per heavy atom. The first kappa shape index (κ1) is 35.9. The SMILES string of the molecule is Cc1cccc(C)c1-c1nc(-c2[c-]cc3c(c2)C(C)(C)c2ccccc2-3)nc2ccccc12.[Ir].[c-]1ccc2c(oc3ccccc32)c1-c1nc2ccccc2s1. The van der Waals surface area contributed by atoms with Crippen LogP contribution in [0.5, 0.6) is 0 Å². The van der Waals surface area contributed by atoms with Gasteiger partial charge in [-0.1, -0.05) is 127 Å². The molecule has 0 aliphatic heterocycles. The minimum Gasteiger partial charge on any atom is -0.501 e. The molecule has 0 atom stereocenters. The van der Waals surface area contributed by atoms with E-state index in [1.807, 2.05) is 48.5 Å². The van der Waals surface area contributed by atoms with Crippen LogP contribution in [0.4, 0.5) is 0 Å². The summed E-state index contributed by atoms with van der Waals surface area (Å²) >= 11 is 1.67. The molecule has 0 unspecified atom stereocenters. The molecule has 3 aromatic heterocycles. The maximum Gasteiger partial charge on any atom is 0.120 e. The number of aromatic nitrogens is 3. The molecule has 56 heavy (non-hydrogen) atoms. The molecule has 0 bridgehead atoms. The van der Waals surface area contributed by atoms with Gasteiger partial charge in [-0.3, -0.25) is 15.0 Å². The molecule has 3 heterocycles. The Balaban J connectivity index is 0.000000155. The maximum absolute atomic E-state index is 6.07. The molecule has 0 amide bonds. The van der Waals surface area contributed by atoms with Gasteiger partial charge in [0.1, 0.15) is 5.58 Å². The molecule has 10 aromatic rings. The van der Waals surface area contributed by atoms with Gasteiger partial charge >= 0.3 is 0 Å². The van der Waals surface area contributed by atoms with Crippen molar-refractivity contribution >= 4 is 54.4 Å². The maximum atomic E-state index is 6.07. The summed E-state index contributed by atoms with van der Waals surface area (Å²) in [5, 5.41) is 4.27. The number of fused-ring (bicyclic) bond motifs is 8. The van der Waals surface area contributed by atoms with E-state index >= 15 is 0 Å². The number of benzene rings is 7. The Kier molecular flexibility index (Phi) is 9.01. The van der Waals surface area contributed by atoms with E-state index in [1.165, 1.54) is 43.6 Å². The van der Waals surface area contributed by atoms with Crippen LogP contribution in [0.3, 0.4) is 0 Å². The monoisotopic (exact) mass is 918 g/mol. The molecule has 11 rings (SSSR count). The van der Waals surface area contributed by atoms with Gasteiger partial charge in [-0.25, -0.2) is 0 Å². The van der Waals surface area contributed by atoms with Gasteiger partial charge in [-0.05, 0) is 60.2 Å². The molecule has 0 saturated heterocycles. The molecule has 7 aromatic carbocycles. The molecule has 4 nitrogen and oxygen atoms in total. The fourth-order valence-corrected chi connectivity index (χ4v) is 9.14. The van der Waals surface area contributed by atoms with Gasteiger partial charge in [0.25, 0.3) is 0 Å². The average Bonchev–Trinajstić information content (AvgIpc) is 3.88. The topological polar surface area (TPSA) is 51.8 Å². The molecule has 1 radical (unpaired) electrons. The van der Waals surface area contributed by atoms with Crippen molar-refractivity contribution in [2.24, 2.45) is 0 Å². The number of hydrogen-bond donors (Lipinski definition) is 0. The van der Waals surface area contributed by atoms with Crippen LogP contribution in [-0.4, -0.2) is 15.0 Å². The van der Waals surface area contributed by atoms with Gasteiger partial charge in [0.15, 0.2) is 0 Å². The van der Waals surface area contributed by atoms with Crippen molar-refractivity contribution < 1.29 is 24.5 Å². The first-order chi connectivity index (χ1) is 26.8. The number of aryl methyl sites for hydroxylation is 2. The van der Waals surface area contributed by atoms with Crippen LogP contribution < -0.4 is 0 Å². The van der Waals surface area contributed by atoms with Crippen molar-refractivity contribution in [1.82, 2.24) is 15.0 Å². The summed E-state index contributed by atoms with van der Waals surface area (Å²) in [6, 6.07) is 54.9. The number of furan rings is 1. The van der Waals surface area contributed by atoms with E-state index in [0.29, 0.717) is 0 Å². The fourth-order valence-electron chi connectivity index (χ4n) is 8.17. The summed E-state index contributed by atoms with van der Waals surface area (Å²) in [7, 11) is 0. The molecule has 0 saturated carbocycles. The third-order valence-corrected chi connectivity index (χ3v) is 12.0. The first-order valence-electron chi connectivity index (χ1n) is 18.5. The second-order valence-corrected chi connectivity index (χ2v) is 15.7. The Bertz CT molecular complexity index is 3070. The molecule has 273 valence electrons. The van der Waals surface area contributed by atoms with Gasteiger partial charge in [0.2, 0.25) is 0 Å². The number of hydrogen-bond acceptors (Lipinski definition) is 5. The number of para-hydroxylation sites is 3. The van der Waals surface area contributed by atoms with Crippen LogP contribution in [0.2, 0.25) is 0 Å². The van der Waals surface area contributed by atoms with Crippen LogP contribution in [-0.2, 0) is 25.5 Å². The summed E-state index contributed by atoms with van der Waals surface area (Å²) in [5.74, 6) is 0.723. The zero-order chi connectivity index (χ0) is 37.3. The predicted octanol–water partition coefficient (Wildman–Crippen LogP) is 13.3. The Hall–Kier alpha value is -5.78. The standard InChI is InChI=1S/C31H25N2.C19H10NOS.Ir/c1-19-10-9-11-20(2)28(19)29-24-13-6-8-15-27(24)32-30(33-29)21-16-17-23-22-12-5-7-14-25(22)31(3,4)26(23)18-21;1-3-10-16-12(6-1)13-7-5-8-14(18(13)21-16)19-20-15-9-2-4-11-17(15)22-19;/h5-15,17-18H,1-4H3;1-7,9-11H;/q2*-1;. The van der Waals surface area contributed by atoms with E-state index in [-0.39, 0.29) is 25.5 Å². The van der Waals surface area contributed by atoms with E-state index in [0.717, 1.165) is 66.0 Å². The van der Waals surface area contributed by atoms with Gasteiger partial charge in [-0.2, -0.15) is 11.3 Å². The van der Waals surface area contributed by atoms with Crippen molar-refractivity contribution in [2.45, 2.75) is 33.1 Å². The summed E-state index contributed by atoms with van der Waals surface area (Å²) in [5.41, 5.74) is 15.4. The molecular weight excluding hydrogens is 883 g/mol. The van der Waals surface area contributed by atoms with Gasteiger partial charge in [0.05, 0.1) is 28.1 Å². The molecule has 0 spiro atoms. The van der Waals surface area contributed by atoms with Crippen LogP contribution in [0.1, 0.15) is 36.1 Å². The largest absolute Gasteiger partial charge is 0.501 e. The quantitative estimate of drug-likeness (QED) is 0.166. The van der Waals surface area contributed by atoms with Crippen LogP contribution >= 0.6 is 11.3 Å². The van der Waals surface area contributed by atoms with Crippen LogP contribution in [0, 0.1) is 26.0 Å². The summed E-state index contributed by atoms with van der Waals surface area (Å²) in [4.78, 5) is 14.8. The summed E-state index contributed by atoms with van der Waals surface area (Å²) < 4.78 is 7.25. The fraction of sp³-hybridized carbons (Fsp3) is 0.100. The number of thiazole rings is 1. The number of nitrogens with zero attached hydrogens (tertiary/aromatic N) is 3. The van der Waals surface area contributed by atoms with E-state index in [1.54, 1.807) is 11.3 Å². The minimum atomic E-state index is -0.0674. The first-order valence-corrected chi connectivity index (χ1v) is 19.3. The minimum absolute atomic E-state index is 0. The second-order valence-electron chi connectivity index (χ2n) is 14.7. The van der Waals surface area contributed by atoms with Gasteiger partial charge < -0.3 is 4.42 Å². The second kappa shape index (κ2) is 14.1. The van der Waals surface area contributed by atoms with Gasteiger partial charge in [0, 0.05) is 46.1 Å². The number of rotatable bonds is 3. The molecule has 1 aliphatic rings. The predicted molar refractivity (Wildman–Crippen MR) is 227 cm³/mol. The zero-order valence-corrected chi connectivity index (χ0v) is 34.5. The molecule has 0 fully saturated rings. The molecule has 1 aliphatic carbocycles. The zero-order valence-electron chi connectivity index (χ0n) is 31.3. The third-order valence-electron chi connectivity index (χ3n) is 10.9. The van der Waals surface area contributed by atoms with Crippen molar-refractivity contribution in [2.75, 3.05) is 0 Å². The average molecular weight is 918 g/mol. The van der Waals surface area contributed by atoms with Crippen molar-refractivity contribution in [1.29, 1.82) is 0 Å². The van der Waals surface area contributed by atoms with Crippen molar-refractivity contribution in [3.8, 4) is 44.3 Å². The van der Waals surface area contributed by atoms with Crippen LogP contribution in [0.25, 0.3) is 87.4 Å². The van der Waals surface area contributed by atoms with E-state index < -0.39 is 0 Å². The van der Waals surface area contributed by atoms with Crippen molar-refractivity contribution in [3.63, 3.8) is 0 Å². The summed E-state index contributed by atoms with van der Waals surface area (Å²) in [6.45, 7) is 8.90. The Morgan fingerprint density at radius 3 is 2.16 bits per heavy atom. The smallest absolute Gasteiger partial charge is 0.120 e. The Labute approximate surface area is 343 Å². The third kappa shape index (κ3) is 5.88. The van der Waals surface area contributed by atoms with E-state index in [9.17, 15) is 0 Å². The molecule has 0 N–H and O–H groups in total. The molecule has 6 heteroatoms. The summed E-state index contributed by atoms with van der Waals surface area (Å²) in [6.07, 6.45) is 0.